The molecule has 0 aromatic heterocycles. The van der Waals surface area contributed by atoms with Crippen LogP contribution in [-0.4, -0.2) is 36.7 Å². The fourth-order valence-electron chi connectivity index (χ4n) is 2.62. The summed E-state index contributed by atoms with van der Waals surface area (Å²) >= 11 is 0. The summed E-state index contributed by atoms with van der Waals surface area (Å²) in [6, 6.07) is 18.4. The van der Waals surface area contributed by atoms with Crippen LogP contribution in [0.2, 0.25) is 0 Å². The summed E-state index contributed by atoms with van der Waals surface area (Å²) in [5, 5.41) is 5.69. The van der Waals surface area contributed by atoms with E-state index in [1.54, 1.807) is 19.1 Å². The van der Waals surface area contributed by atoms with E-state index in [1.807, 2.05) is 48.5 Å². The van der Waals surface area contributed by atoms with Crippen molar-refractivity contribution in [2.45, 2.75) is 13.3 Å². The topological polar surface area (TPSA) is 83.7 Å². The zero-order chi connectivity index (χ0) is 19.9. The van der Waals surface area contributed by atoms with Gasteiger partial charge in [-0.15, -0.1) is 5.10 Å². The lowest BCUT2D eigenvalue weighted by Crippen LogP contribution is -2.28. The zero-order valence-electron chi connectivity index (χ0n) is 15.6. The molecule has 1 aliphatic heterocycles. The first-order chi connectivity index (χ1) is 13.6. The number of rotatable bonds is 5. The van der Waals surface area contributed by atoms with Gasteiger partial charge in [-0.1, -0.05) is 36.4 Å². The lowest BCUT2D eigenvalue weighted by Gasteiger charge is -2.11. The Labute approximate surface area is 163 Å². The lowest BCUT2D eigenvalue weighted by molar-refractivity contribution is -0.139. The summed E-state index contributed by atoms with van der Waals surface area (Å²) in [4.78, 5) is 33.2. The van der Waals surface area contributed by atoms with Crippen LogP contribution in [0.1, 0.15) is 13.3 Å². The minimum atomic E-state index is -0.743. The molecule has 1 unspecified atom stereocenters. The second kappa shape index (κ2) is 8.85. The molecule has 0 radical (unpaired) electrons. The van der Waals surface area contributed by atoms with E-state index in [-0.39, 0.29) is 18.2 Å². The number of anilines is 1. The Hall–Kier alpha value is -3.61. The van der Waals surface area contributed by atoms with Crippen molar-refractivity contribution in [3.8, 4) is 0 Å². The second-order valence-electron chi connectivity index (χ2n) is 6.14. The van der Waals surface area contributed by atoms with Gasteiger partial charge in [-0.2, -0.15) is 5.01 Å². The molecule has 1 amide bonds. The van der Waals surface area contributed by atoms with Gasteiger partial charge in [-0.05, 0) is 31.2 Å². The molecule has 2 aromatic carbocycles. The Morgan fingerprint density at radius 1 is 1.14 bits per heavy atom. The van der Waals surface area contributed by atoms with Crippen LogP contribution < -0.4 is 5.01 Å². The number of ether oxygens (including phenoxy) is 1. The maximum Gasteiger partial charge on any atom is 0.311 e. The van der Waals surface area contributed by atoms with Gasteiger partial charge in [-0.25, -0.2) is 4.99 Å². The molecular weight excluding hydrogens is 356 g/mol. The van der Waals surface area contributed by atoms with Crippen molar-refractivity contribution >= 4 is 41.0 Å². The van der Waals surface area contributed by atoms with Crippen molar-refractivity contribution in [2.75, 3.05) is 12.1 Å². The van der Waals surface area contributed by atoms with Crippen LogP contribution in [0.15, 0.2) is 75.7 Å². The Balaban J connectivity index is 1.92. The van der Waals surface area contributed by atoms with Crippen LogP contribution in [0.5, 0.6) is 0 Å². The van der Waals surface area contributed by atoms with E-state index >= 15 is 0 Å². The first-order valence-corrected chi connectivity index (χ1v) is 8.76. The number of carbonyl (C=O) groups excluding carboxylic acids is 2. The van der Waals surface area contributed by atoms with Crippen LogP contribution in [0.4, 0.5) is 11.4 Å². The Bertz CT molecular complexity index is 937. The van der Waals surface area contributed by atoms with Crippen molar-refractivity contribution in [2.24, 2.45) is 21.0 Å². The fourth-order valence-corrected chi connectivity index (χ4v) is 2.62. The number of carbonyl (C=O) groups is 2. The summed E-state index contributed by atoms with van der Waals surface area (Å²) in [7, 11) is 1.32. The molecule has 0 bridgehead atoms. The van der Waals surface area contributed by atoms with E-state index in [0.717, 1.165) is 5.69 Å². The summed E-state index contributed by atoms with van der Waals surface area (Å²) in [5.41, 5.74) is 1.87. The quantitative estimate of drug-likeness (QED) is 0.592. The van der Waals surface area contributed by atoms with E-state index in [2.05, 4.69) is 19.8 Å². The van der Waals surface area contributed by atoms with Crippen LogP contribution in [0.25, 0.3) is 0 Å². The molecule has 1 heterocycles. The zero-order valence-corrected chi connectivity index (χ0v) is 15.6. The number of amidine groups is 1. The highest BCUT2D eigenvalue weighted by atomic mass is 16.5. The SMILES string of the molecule is COC(=O)CC(C)=NC1=NN(c2ccccc2)C(=O)C1C=Nc1ccccc1. The number of amides is 1. The van der Waals surface area contributed by atoms with E-state index in [0.29, 0.717) is 11.4 Å². The summed E-state index contributed by atoms with van der Waals surface area (Å²) < 4.78 is 4.67. The highest BCUT2D eigenvalue weighted by Crippen LogP contribution is 2.24. The first-order valence-electron chi connectivity index (χ1n) is 8.76. The Morgan fingerprint density at radius 2 is 1.79 bits per heavy atom. The number of methoxy groups -OCH3 is 1. The average molecular weight is 376 g/mol. The number of benzene rings is 2. The summed E-state index contributed by atoms with van der Waals surface area (Å²) in [5.74, 6) is -1.11. The van der Waals surface area contributed by atoms with E-state index in [1.165, 1.54) is 18.3 Å². The first kappa shape index (κ1) is 19.2. The third-order valence-electron chi connectivity index (χ3n) is 4.02. The molecule has 1 atom stereocenters. The van der Waals surface area contributed by atoms with Crippen molar-refractivity contribution < 1.29 is 14.3 Å². The molecule has 7 heteroatoms. The maximum atomic E-state index is 13.0. The Kier molecular flexibility index (Phi) is 6.06. The Morgan fingerprint density at radius 3 is 2.43 bits per heavy atom. The van der Waals surface area contributed by atoms with Gasteiger partial charge in [-0.3, -0.25) is 14.6 Å². The van der Waals surface area contributed by atoms with Crippen molar-refractivity contribution in [3.05, 3.63) is 60.7 Å². The molecule has 28 heavy (non-hydrogen) atoms. The molecule has 0 N–H and O–H groups in total. The smallest absolute Gasteiger partial charge is 0.311 e. The van der Waals surface area contributed by atoms with Crippen LogP contribution in [0, 0.1) is 5.92 Å². The third kappa shape index (κ3) is 4.56. The molecule has 0 saturated heterocycles. The molecule has 0 spiro atoms. The van der Waals surface area contributed by atoms with Crippen LogP contribution in [0.3, 0.4) is 0 Å². The molecule has 0 aliphatic carbocycles. The van der Waals surface area contributed by atoms with E-state index < -0.39 is 11.9 Å². The fraction of sp³-hybridized carbons (Fsp3) is 0.190. The molecule has 2 aromatic rings. The maximum absolute atomic E-state index is 13.0. The molecule has 0 fully saturated rings. The van der Waals surface area contributed by atoms with Gasteiger partial charge in [0.15, 0.2) is 5.84 Å². The van der Waals surface area contributed by atoms with E-state index in [4.69, 9.17) is 0 Å². The normalized spacial score (nSPS) is 17.1. The number of nitrogens with zero attached hydrogens (tertiary/aromatic N) is 4. The summed E-state index contributed by atoms with van der Waals surface area (Å²) in [6.07, 6.45) is 1.56. The van der Waals surface area contributed by atoms with Crippen LogP contribution in [-0.2, 0) is 14.3 Å². The molecule has 1 aliphatic rings. The van der Waals surface area contributed by atoms with E-state index in [9.17, 15) is 9.59 Å². The van der Waals surface area contributed by atoms with Crippen molar-refractivity contribution in [1.29, 1.82) is 0 Å². The number of hydrazone groups is 1. The molecular formula is C21H20N4O3. The molecule has 3 rings (SSSR count). The predicted octanol–water partition coefficient (Wildman–Crippen LogP) is 3.39. The minimum Gasteiger partial charge on any atom is -0.469 e. The van der Waals surface area contributed by atoms with Gasteiger partial charge in [0.25, 0.3) is 5.91 Å². The van der Waals surface area contributed by atoms with Crippen molar-refractivity contribution in [3.63, 3.8) is 0 Å². The van der Waals surface area contributed by atoms with Crippen molar-refractivity contribution in [1.82, 2.24) is 0 Å². The van der Waals surface area contributed by atoms with Crippen LogP contribution >= 0.6 is 0 Å². The highest BCUT2D eigenvalue weighted by molar-refractivity contribution is 6.25. The van der Waals surface area contributed by atoms with Gasteiger partial charge in [0.2, 0.25) is 0 Å². The number of esters is 1. The number of hydrogen-bond acceptors (Lipinski definition) is 6. The standard InChI is InChI=1S/C21H20N4O3/c1-15(13-19(26)28-2)23-20-18(14-22-16-9-5-3-6-10-16)21(27)25(24-20)17-11-7-4-8-12-17/h3-12,14,18H,13H2,1-2H3. The lowest BCUT2D eigenvalue weighted by atomic mass is 10.1. The highest BCUT2D eigenvalue weighted by Gasteiger charge is 2.36. The molecule has 7 nitrogen and oxygen atoms in total. The average Bonchev–Trinajstić information content (AvgIpc) is 3.02. The van der Waals surface area contributed by atoms with Gasteiger partial charge in [0.05, 0.1) is 24.9 Å². The third-order valence-corrected chi connectivity index (χ3v) is 4.02. The van der Waals surface area contributed by atoms with Gasteiger partial charge in [0.1, 0.15) is 5.92 Å². The molecule has 0 saturated carbocycles. The predicted molar refractivity (Wildman–Crippen MR) is 109 cm³/mol. The second-order valence-corrected chi connectivity index (χ2v) is 6.14. The monoisotopic (exact) mass is 376 g/mol. The number of para-hydroxylation sites is 2. The van der Waals surface area contributed by atoms with Gasteiger partial charge >= 0.3 is 5.97 Å². The minimum absolute atomic E-state index is 0.0254. The number of aliphatic imine (C=N–C) groups is 2. The number of hydrogen-bond donors (Lipinski definition) is 0. The largest absolute Gasteiger partial charge is 0.469 e. The van der Waals surface area contributed by atoms with Gasteiger partial charge in [0, 0.05) is 11.9 Å². The molecule has 142 valence electrons. The van der Waals surface area contributed by atoms with Gasteiger partial charge < -0.3 is 4.74 Å². The summed E-state index contributed by atoms with van der Waals surface area (Å²) in [6.45, 7) is 1.69.